The number of hydrogen-bond donors (Lipinski definition) is 1. The van der Waals surface area contributed by atoms with Gasteiger partial charge < -0.3 is 5.11 Å². The quantitative estimate of drug-likeness (QED) is 0.597. The summed E-state index contributed by atoms with van der Waals surface area (Å²) in [5, 5.41) is 8.15. The lowest BCUT2D eigenvalue weighted by molar-refractivity contribution is -0.137. The van der Waals surface area contributed by atoms with E-state index in [2.05, 4.69) is 13.8 Å². The van der Waals surface area contributed by atoms with Crippen LogP contribution in [-0.4, -0.2) is 11.1 Å². The Labute approximate surface area is 49.5 Å². The lowest BCUT2D eigenvalue weighted by Gasteiger charge is -2.00. The van der Waals surface area contributed by atoms with Gasteiger partial charge in [0.2, 0.25) is 0 Å². The Morgan fingerprint density at radius 2 is 2.25 bits per heavy atom. The van der Waals surface area contributed by atoms with Crippen LogP contribution in [0.15, 0.2) is 0 Å². The molecule has 0 aliphatic rings. The van der Waals surface area contributed by atoms with Crippen molar-refractivity contribution < 1.29 is 9.90 Å². The molecule has 0 bridgehead atoms. The van der Waals surface area contributed by atoms with Crippen molar-refractivity contribution in [1.82, 2.24) is 0 Å². The molecule has 1 atom stereocenters. The summed E-state index contributed by atoms with van der Waals surface area (Å²) >= 11 is 0. The minimum atomic E-state index is -0.798. The van der Waals surface area contributed by atoms with E-state index in [0.29, 0.717) is 6.42 Å². The van der Waals surface area contributed by atoms with Crippen LogP contribution in [0.3, 0.4) is 0 Å². The zero-order chi connectivity index (χ0) is 6.57. The second kappa shape index (κ2) is 3.47. The summed E-state index contributed by atoms with van der Waals surface area (Å²) in [6.07, 6.45) is 0.718. The number of aliphatic carboxylic acids is 1. The molecule has 0 aromatic heterocycles. The Morgan fingerprint density at radius 1 is 1.75 bits per heavy atom. The highest BCUT2D eigenvalue weighted by molar-refractivity contribution is 5.67. The second-order valence-corrected chi connectivity index (χ2v) is 1.75. The normalized spacial score (nSPS) is 13.2. The largest absolute Gasteiger partial charge is 0.481 e. The summed E-state index contributed by atoms with van der Waals surface area (Å²) in [5.41, 5.74) is 0. The third kappa shape index (κ3) is 3.65. The topological polar surface area (TPSA) is 37.3 Å². The second-order valence-electron chi connectivity index (χ2n) is 1.75. The van der Waals surface area contributed by atoms with Gasteiger partial charge in [0.05, 0.1) is 0 Å². The molecule has 0 aliphatic carbocycles. The van der Waals surface area contributed by atoms with Gasteiger partial charge in [-0.05, 0) is 19.3 Å². The van der Waals surface area contributed by atoms with Crippen molar-refractivity contribution >= 4 is 5.97 Å². The highest BCUT2D eigenvalue weighted by Gasteiger charge is 2.03. The average Bonchev–Trinajstić information content (AvgIpc) is 1.65. The fourth-order valence-corrected chi connectivity index (χ4v) is 0.349. The smallest absolute Gasteiger partial charge is 0.303 e. The monoisotopic (exact) mass is 114 g/mol. The summed E-state index contributed by atoms with van der Waals surface area (Å²) in [6.45, 7) is 7.07. The average molecular weight is 114 g/mol. The van der Waals surface area contributed by atoms with Gasteiger partial charge in [-0.1, -0.05) is 6.92 Å². The van der Waals surface area contributed by atoms with Crippen molar-refractivity contribution in [2.75, 3.05) is 0 Å². The lowest BCUT2D eigenvalue weighted by Crippen LogP contribution is -2.02. The summed E-state index contributed by atoms with van der Waals surface area (Å²) in [5.74, 6) is -0.832. The molecular weight excluding hydrogens is 104 g/mol. The molecule has 0 saturated heterocycles. The van der Waals surface area contributed by atoms with E-state index in [1.807, 2.05) is 0 Å². The third-order valence-corrected chi connectivity index (χ3v) is 0.872. The van der Waals surface area contributed by atoms with Crippen molar-refractivity contribution in [3.63, 3.8) is 0 Å². The van der Waals surface area contributed by atoms with Crippen LogP contribution >= 0.6 is 0 Å². The Bertz CT molecular complexity index is 78.6. The van der Waals surface area contributed by atoms with E-state index >= 15 is 0 Å². The van der Waals surface area contributed by atoms with Gasteiger partial charge in [0.1, 0.15) is 0 Å². The van der Waals surface area contributed by atoms with E-state index in [4.69, 9.17) is 5.11 Å². The molecule has 2 heteroatoms. The maximum Gasteiger partial charge on any atom is 0.303 e. The SMILES string of the molecule is [CH2]CC([CH2])CC(=O)O. The van der Waals surface area contributed by atoms with Gasteiger partial charge in [-0.2, -0.15) is 0 Å². The van der Waals surface area contributed by atoms with E-state index in [1.54, 1.807) is 0 Å². The summed E-state index contributed by atoms with van der Waals surface area (Å²) < 4.78 is 0. The van der Waals surface area contributed by atoms with Gasteiger partial charge in [-0.15, -0.1) is 0 Å². The Morgan fingerprint density at radius 3 is 2.38 bits per heavy atom. The van der Waals surface area contributed by atoms with E-state index in [1.165, 1.54) is 0 Å². The molecule has 0 heterocycles. The molecule has 0 saturated carbocycles. The number of carboxylic acid groups (broad SMARTS) is 1. The van der Waals surface area contributed by atoms with Gasteiger partial charge in [-0.25, -0.2) is 0 Å². The summed E-state index contributed by atoms with van der Waals surface area (Å²) in [4.78, 5) is 9.90. The maximum atomic E-state index is 9.90. The number of hydrogen-bond acceptors (Lipinski definition) is 1. The van der Waals surface area contributed by atoms with E-state index < -0.39 is 5.97 Å². The Balaban J connectivity index is 3.24. The molecule has 1 unspecified atom stereocenters. The molecule has 0 aromatic rings. The molecule has 1 N–H and O–H groups in total. The molecule has 2 radical (unpaired) electrons. The van der Waals surface area contributed by atoms with Crippen LogP contribution in [0, 0.1) is 19.8 Å². The molecule has 0 fully saturated rings. The molecule has 0 amide bonds. The third-order valence-electron chi connectivity index (χ3n) is 0.872. The van der Waals surface area contributed by atoms with Gasteiger partial charge in [0.15, 0.2) is 0 Å². The van der Waals surface area contributed by atoms with Crippen LogP contribution in [0.5, 0.6) is 0 Å². The first-order valence-corrected chi connectivity index (χ1v) is 2.51. The van der Waals surface area contributed by atoms with E-state index in [0.717, 1.165) is 0 Å². The summed E-state index contributed by atoms with van der Waals surface area (Å²) in [6, 6.07) is 0. The van der Waals surface area contributed by atoms with Crippen LogP contribution in [0.4, 0.5) is 0 Å². The molecule has 0 aliphatic heterocycles. The highest BCUT2D eigenvalue weighted by Crippen LogP contribution is 2.03. The van der Waals surface area contributed by atoms with Gasteiger partial charge in [-0.3, -0.25) is 4.79 Å². The van der Waals surface area contributed by atoms with Gasteiger partial charge >= 0.3 is 5.97 Å². The molecule has 0 rings (SSSR count). The Kier molecular flexibility index (Phi) is 3.24. The van der Waals surface area contributed by atoms with Crippen molar-refractivity contribution in [2.45, 2.75) is 12.8 Å². The van der Waals surface area contributed by atoms with E-state index in [9.17, 15) is 4.79 Å². The highest BCUT2D eigenvalue weighted by atomic mass is 16.4. The first kappa shape index (κ1) is 7.47. The summed E-state index contributed by atoms with van der Waals surface area (Å²) in [7, 11) is 0. The predicted molar refractivity (Wildman–Crippen MR) is 31.1 cm³/mol. The van der Waals surface area contributed by atoms with Crippen LogP contribution in [0.2, 0.25) is 0 Å². The first-order chi connectivity index (χ1) is 3.66. The molecule has 0 spiro atoms. The van der Waals surface area contributed by atoms with Gasteiger partial charge in [0, 0.05) is 6.42 Å². The van der Waals surface area contributed by atoms with Crippen molar-refractivity contribution in [2.24, 2.45) is 5.92 Å². The maximum absolute atomic E-state index is 9.90. The van der Waals surface area contributed by atoms with Gasteiger partial charge in [0.25, 0.3) is 0 Å². The molecule has 0 aromatic carbocycles. The van der Waals surface area contributed by atoms with Crippen LogP contribution in [-0.2, 0) is 4.79 Å². The van der Waals surface area contributed by atoms with Crippen LogP contribution in [0.1, 0.15) is 12.8 Å². The molecule has 46 valence electrons. The van der Waals surface area contributed by atoms with Crippen LogP contribution < -0.4 is 0 Å². The number of rotatable bonds is 3. The molecule has 2 nitrogen and oxygen atoms in total. The fraction of sp³-hybridized carbons (Fsp3) is 0.500. The van der Waals surface area contributed by atoms with Crippen molar-refractivity contribution in [3.05, 3.63) is 13.8 Å². The fourth-order valence-electron chi connectivity index (χ4n) is 0.349. The predicted octanol–water partition coefficient (Wildman–Crippen LogP) is 1.14. The van der Waals surface area contributed by atoms with Crippen molar-refractivity contribution in [1.29, 1.82) is 0 Å². The molecular formula is C6H10O2. The first-order valence-electron chi connectivity index (χ1n) is 2.51. The minimum absolute atomic E-state index is 0.0347. The van der Waals surface area contributed by atoms with E-state index in [-0.39, 0.29) is 12.3 Å². The zero-order valence-electron chi connectivity index (χ0n) is 4.76. The van der Waals surface area contributed by atoms with Crippen LogP contribution in [0.25, 0.3) is 0 Å². The number of carbonyl (C=O) groups is 1. The van der Waals surface area contributed by atoms with Crippen molar-refractivity contribution in [3.8, 4) is 0 Å². The zero-order valence-corrected chi connectivity index (χ0v) is 4.76. The lowest BCUT2D eigenvalue weighted by atomic mass is 10.1. The molecule has 8 heavy (non-hydrogen) atoms. The Hall–Kier alpha value is -0.530. The standard InChI is InChI=1S/C6H10O2/c1-3-5(2)4-6(7)8/h5H,1-4H2,(H,7,8). The number of carboxylic acids is 1. The minimum Gasteiger partial charge on any atom is -0.481 e.